The van der Waals surface area contributed by atoms with Gasteiger partial charge in [-0.2, -0.15) is 0 Å². The van der Waals surface area contributed by atoms with Gasteiger partial charge in [-0.1, -0.05) is 12.1 Å². The molecule has 3 aromatic carbocycles. The van der Waals surface area contributed by atoms with Crippen LogP contribution in [0.1, 0.15) is 23.1 Å². The average Bonchev–Trinajstić information content (AvgIpc) is 3.28. The summed E-state index contributed by atoms with van der Waals surface area (Å²) in [6.45, 7) is 5.18. The Morgan fingerprint density at radius 2 is 1.66 bits per heavy atom. The zero-order chi connectivity index (χ0) is 27.4. The summed E-state index contributed by atoms with van der Waals surface area (Å²) in [4.78, 5) is 49.3. The number of amides is 2. The second-order valence-corrected chi connectivity index (χ2v) is 9.16. The minimum atomic E-state index is -0.720. The fraction of sp³-hybridized carbons (Fsp3) is 0.250. The first kappa shape index (κ1) is 26.3. The number of nitrogens with zero attached hydrogens (tertiary/aromatic N) is 2. The van der Waals surface area contributed by atoms with E-state index in [1.165, 1.54) is 28.7 Å². The van der Waals surface area contributed by atoms with E-state index in [1.807, 2.05) is 32.0 Å². The van der Waals surface area contributed by atoms with Crippen LogP contribution in [0.4, 0.5) is 17.1 Å². The normalized spacial score (nSPS) is 14.8. The van der Waals surface area contributed by atoms with E-state index in [2.05, 4.69) is 5.32 Å². The van der Waals surface area contributed by atoms with E-state index >= 15 is 0 Å². The SMILES string of the molecule is Cc1ccc(Oc2ccc(N3C[C@H](C(=O)OCC(=O)Nc4ccc(C)c([N+](=O)[O-])c4)CC3=O)cc2)cc1C. The van der Waals surface area contributed by atoms with Crippen molar-refractivity contribution >= 4 is 34.8 Å². The molecular formula is C28H27N3O7. The second kappa shape index (κ2) is 11.1. The molecule has 0 saturated carbocycles. The summed E-state index contributed by atoms with van der Waals surface area (Å²) in [5.74, 6) is -0.930. The molecule has 2 amide bonds. The third-order valence-corrected chi connectivity index (χ3v) is 6.36. The number of esters is 1. The van der Waals surface area contributed by atoms with Crippen LogP contribution >= 0.6 is 0 Å². The van der Waals surface area contributed by atoms with Crippen molar-refractivity contribution in [2.75, 3.05) is 23.4 Å². The third-order valence-electron chi connectivity index (χ3n) is 6.36. The number of hydrogen-bond donors (Lipinski definition) is 1. The van der Waals surface area contributed by atoms with Crippen molar-refractivity contribution in [3.05, 3.63) is 87.5 Å². The minimum absolute atomic E-state index is 0.0362. The number of carbonyl (C=O) groups is 3. The smallest absolute Gasteiger partial charge is 0.311 e. The Bertz CT molecular complexity index is 1400. The van der Waals surface area contributed by atoms with Crippen LogP contribution < -0.4 is 15.0 Å². The molecule has 0 aliphatic carbocycles. The highest BCUT2D eigenvalue weighted by Crippen LogP contribution is 2.30. The van der Waals surface area contributed by atoms with Crippen LogP contribution in [0.3, 0.4) is 0 Å². The molecule has 3 aromatic rings. The maximum Gasteiger partial charge on any atom is 0.311 e. The molecule has 1 heterocycles. The van der Waals surface area contributed by atoms with Crippen LogP contribution in [0.2, 0.25) is 0 Å². The molecule has 10 nitrogen and oxygen atoms in total. The van der Waals surface area contributed by atoms with Crippen LogP contribution in [0.5, 0.6) is 11.5 Å². The van der Waals surface area contributed by atoms with Crippen molar-refractivity contribution in [2.24, 2.45) is 5.92 Å². The van der Waals surface area contributed by atoms with E-state index in [0.29, 0.717) is 22.7 Å². The van der Waals surface area contributed by atoms with Gasteiger partial charge in [-0.3, -0.25) is 24.5 Å². The zero-order valence-electron chi connectivity index (χ0n) is 21.2. The molecule has 1 aliphatic rings. The Hall–Kier alpha value is -4.73. The van der Waals surface area contributed by atoms with Crippen LogP contribution in [0.25, 0.3) is 0 Å². The number of anilines is 2. The van der Waals surface area contributed by atoms with Crippen LogP contribution in [0.15, 0.2) is 60.7 Å². The molecule has 38 heavy (non-hydrogen) atoms. The van der Waals surface area contributed by atoms with Gasteiger partial charge in [0, 0.05) is 36.0 Å². The fourth-order valence-electron chi connectivity index (χ4n) is 4.06. The van der Waals surface area contributed by atoms with E-state index in [1.54, 1.807) is 31.2 Å². The van der Waals surface area contributed by atoms with E-state index < -0.39 is 29.3 Å². The maximum absolute atomic E-state index is 12.6. The quantitative estimate of drug-likeness (QED) is 0.257. The summed E-state index contributed by atoms with van der Waals surface area (Å²) in [6.07, 6.45) is -0.0362. The number of nitro benzene ring substituents is 1. The first-order valence-electron chi connectivity index (χ1n) is 12.0. The first-order chi connectivity index (χ1) is 18.1. The van der Waals surface area contributed by atoms with Crippen molar-refractivity contribution in [2.45, 2.75) is 27.2 Å². The number of aryl methyl sites for hydroxylation is 3. The second-order valence-electron chi connectivity index (χ2n) is 9.16. The Kier molecular flexibility index (Phi) is 7.71. The van der Waals surface area contributed by atoms with Gasteiger partial charge in [0.05, 0.1) is 10.8 Å². The Morgan fingerprint density at radius 1 is 0.974 bits per heavy atom. The Labute approximate surface area is 219 Å². The summed E-state index contributed by atoms with van der Waals surface area (Å²) >= 11 is 0. The molecule has 0 bridgehead atoms. The molecule has 1 fully saturated rings. The van der Waals surface area contributed by atoms with E-state index in [0.717, 1.165) is 5.56 Å². The van der Waals surface area contributed by atoms with Gasteiger partial charge in [-0.05, 0) is 74.4 Å². The van der Waals surface area contributed by atoms with Gasteiger partial charge in [0.2, 0.25) is 5.91 Å². The number of nitro groups is 1. The molecule has 1 aliphatic heterocycles. The standard InChI is InChI=1S/C28H27N3O7/c1-17-5-9-24(12-19(17)3)38-23-10-7-22(8-11-23)30-15-20(13-27(30)33)28(34)37-16-26(32)29-21-6-4-18(2)25(14-21)31(35)36/h4-12,14,20H,13,15-16H2,1-3H3,(H,29,32)/t20-/m1/s1. The van der Waals surface area contributed by atoms with Gasteiger partial charge in [0.1, 0.15) is 11.5 Å². The lowest BCUT2D eigenvalue weighted by molar-refractivity contribution is -0.385. The lowest BCUT2D eigenvalue weighted by atomic mass is 10.1. The highest BCUT2D eigenvalue weighted by molar-refractivity contribution is 6.00. The molecule has 4 rings (SSSR count). The van der Waals surface area contributed by atoms with Gasteiger partial charge < -0.3 is 19.7 Å². The topological polar surface area (TPSA) is 128 Å². The number of rotatable bonds is 8. The number of carbonyl (C=O) groups excluding carboxylic acids is 3. The summed E-state index contributed by atoms with van der Waals surface area (Å²) in [5, 5.41) is 13.5. The largest absolute Gasteiger partial charge is 0.457 e. The van der Waals surface area contributed by atoms with Crippen LogP contribution in [-0.2, 0) is 19.1 Å². The van der Waals surface area contributed by atoms with E-state index in [-0.39, 0.29) is 30.2 Å². The zero-order valence-corrected chi connectivity index (χ0v) is 21.2. The number of benzene rings is 3. The summed E-state index contributed by atoms with van der Waals surface area (Å²) < 4.78 is 11.0. The van der Waals surface area contributed by atoms with Gasteiger partial charge in [-0.15, -0.1) is 0 Å². The van der Waals surface area contributed by atoms with Crippen molar-refractivity contribution in [3.8, 4) is 11.5 Å². The number of hydrogen-bond acceptors (Lipinski definition) is 7. The minimum Gasteiger partial charge on any atom is -0.457 e. The molecule has 1 saturated heterocycles. The highest BCUT2D eigenvalue weighted by Gasteiger charge is 2.36. The van der Waals surface area contributed by atoms with Crippen molar-refractivity contribution in [3.63, 3.8) is 0 Å². The predicted octanol–water partition coefficient (Wildman–Crippen LogP) is 4.85. The molecule has 1 atom stereocenters. The predicted molar refractivity (Wildman–Crippen MR) is 140 cm³/mol. The van der Waals surface area contributed by atoms with E-state index in [4.69, 9.17) is 9.47 Å². The Balaban J connectivity index is 1.30. The van der Waals surface area contributed by atoms with Gasteiger partial charge >= 0.3 is 5.97 Å². The third kappa shape index (κ3) is 6.15. The highest BCUT2D eigenvalue weighted by atomic mass is 16.6. The molecule has 10 heteroatoms. The lowest BCUT2D eigenvalue weighted by Crippen LogP contribution is -2.28. The molecule has 196 valence electrons. The van der Waals surface area contributed by atoms with Crippen LogP contribution in [-0.4, -0.2) is 35.9 Å². The molecular weight excluding hydrogens is 490 g/mol. The van der Waals surface area contributed by atoms with Gasteiger partial charge in [0.15, 0.2) is 6.61 Å². The molecule has 0 aromatic heterocycles. The first-order valence-corrected chi connectivity index (χ1v) is 12.0. The number of nitrogens with one attached hydrogen (secondary N) is 1. The molecule has 0 unspecified atom stereocenters. The average molecular weight is 518 g/mol. The van der Waals surface area contributed by atoms with Gasteiger partial charge in [-0.25, -0.2) is 0 Å². The monoisotopic (exact) mass is 517 g/mol. The molecule has 0 radical (unpaired) electrons. The maximum atomic E-state index is 12.6. The van der Waals surface area contributed by atoms with Gasteiger partial charge in [0.25, 0.3) is 11.6 Å². The van der Waals surface area contributed by atoms with Crippen molar-refractivity contribution in [1.82, 2.24) is 0 Å². The van der Waals surface area contributed by atoms with Crippen molar-refractivity contribution in [1.29, 1.82) is 0 Å². The number of ether oxygens (including phenoxy) is 2. The molecule has 0 spiro atoms. The van der Waals surface area contributed by atoms with Crippen molar-refractivity contribution < 1.29 is 28.8 Å². The summed E-state index contributed by atoms with van der Waals surface area (Å²) in [6, 6.07) is 17.1. The Morgan fingerprint density at radius 3 is 2.34 bits per heavy atom. The summed E-state index contributed by atoms with van der Waals surface area (Å²) in [7, 11) is 0. The molecule has 1 N–H and O–H groups in total. The van der Waals surface area contributed by atoms with Crippen LogP contribution in [0, 0.1) is 36.8 Å². The fourth-order valence-corrected chi connectivity index (χ4v) is 4.06. The van der Waals surface area contributed by atoms with E-state index in [9.17, 15) is 24.5 Å². The summed E-state index contributed by atoms with van der Waals surface area (Å²) in [5.41, 5.74) is 3.46. The lowest BCUT2D eigenvalue weighted by Gasteiger charge is -2.17.